The Morgan fingerprint density at radius 1 is 0.929 bits per heavy atom. The third-order valence-electron chi connectivity index (χ3n) is 10.8. The molecule has 5 aromatic carbocycles. The van der Waals surface area contributed by atoms with Gasteiger partial charge in [-0.1, -0.05) is 79.7 Å². The van der Waals surface area contributed by atoms with Crippen molar-refractivity contribution in [2.75, 3.05) is 19.7 Å². The summed E-state index contributed by atoms with van der Waals surface area (Å²) in [5.74, 6) is 1.53. The number of para-hydroxylation sites is 1. The molecule has 0 unspecified atom stereocenters. The molecule has 0 aliphatic carbocycles. The molecule has 9 rings (SSSR count). The Kier molecular flexibility index (Phi) is 6.28. The van der Waals surface area contributed by atoms with Crippen LogP contribution in [0, 0.1) is 11.8 Å². The van der Waals surface area contributed by atoms with Crippen LogP contribution in [-0.4, -0.2) is 35.2 Å². The first-order valence-electron chi connectivity index (χ1n) is 15.8. The number of hydrogen-bond donors (Lipinski definition) is 0. The van der Waals surface area contributed by atoms with Crippen LogP contribution >= 0.6 is 0 Å². The minimum atomic E-state index is -0.00722. The van der Waals surface area contributed by atoms with E-state index in [1.54, 1.807) is 0 Å². The highest BCUT2D eigenvalue weighted by Crippen LogP contribution is 2.50. The Balaban J connectivity index is 1.31. The van der Waals surface area contributed by atoms with Crippen molar-refractivity contribution in [2.24, 2.45) is 11.8 Å². The standard InChI is InChI=1S/C39H39N2O/c1-3-21-42-39(34-17-19-40-35-14-6-5-12-33(34)35)36-23-29-18-20-41(36,24-26(29)4-2)25-31-22-30-11-7-9-27-15-16-28-10-8-13-32(31)38(28)37(27)30/h3,5-17,19,22,26,29,36,39H,1,4,18,20-21,23-25H2,2H3/q+1/t26-,29-,36+,39-,41-/m0/s1. The van der Waals surface area contributed by atoms with Gasteiger partial charge in [0.2, 0.25) is 0 Å². The van der Waals surface area contributed by atoms with E-state index in [0.29, 0.717) is 12.6 Å². The molecule has 3 fully saturated rings. The first kappa shape index (κ1) is 25.9. The summed E-state index contributed by atoms with van der Waals surface area (Å²) in [5.41, 5.74) is 3.80. The van der Waals surface area contributed by atoms with E-state index in [0.717, 1.165) is 28.4 Å². The van der Waals surface area contributed by atoms with E-state index in [1.165, 1.54) is 81.2 Å². The van der Waals surface area contributed by atoms with Crippen molar-refractivity contribution < 1.29 is 9.22 Å². The first-order valence-corrected chi connectivity index (χ1v) is 15.8. The van der Waals surface area contributed by atoms with Crippen LogP contribution in [0.25, 0.3) is 43.2 Å². The lowest BCUT2D eigenvalue weighted by atomic mass is 9.70. The van der Waals surface area contributed by atoms with Gasteiger partial charge in [0.1, 0.15) is 18.7 Å². The maximum Gasteiger partial charge on any atom is 0.135 e. The average molecular weight is 552 g/mol. The van der Waals surface area contributed by atoms with Gasteiger partial charge in [0.05, 0.1) is 25.2 Å². The van der Waals surface area contributed by atoms with Crippen LogP contribution in [0.15, 0.2) is 104 Å². The van der Waals surface area contributed by atoms with Crippen LogP contribution < -0.4 is 0 Å². The fourth-order valence-corrected chi connectivity index (χ4v) is 8.90. The zero-order valence-electron chi connectivity index (χ0n) is 24.5. The lowest BCUT2D eigenvalue weighted by Crippen LogP contribution is -2.68. The maximum absolute atomic E-state index is 6.84. The number of pyridine rings is 1. The number of aromatic nitrogens is 1. The number of hydrogen-bond acceptors (Lipinski definition) is 2. The van der Waals surface area contributed by atoms with Gasteiger partial charge in [-0.25, -0.2) is 0 Å². The molecule has 3 aliphatic rings. The van der Waals surface area contributed by atoms with Crippen molar-refractivity contribution in [1.82, 2.24) is 4.98 Å². The number of ether oxygens (including phenoxy) is 1. The number of rotatable bonds is 8. The summed E-state index contributed by atoms with van der Waals surface area (Å²) in [4.78, 5) is 4.71. The van der Waals surface area contributed by atoms with Gasteiger partial charge >= 0.3 is 0 Å². The quantitative estimate of drug-likeness (QED) is 0.107. The molecule has 1 aromatic heterocycles. The van der Waals surface area contributed by atoms with E-state index in [9.17, 15) is 0 Å². The predicted octanol–water partition coefficient (Wildman–Crippen LogP) is 9.21. The van der Waals surface area contributed by atoms with E-state index in [1.807, 2.05) is 12.3 Å². The smallest absolute Gasteiger partial charge is 0.135 e. The van der Waals surface area contributed by atoms with E-state index in [4.69, 9.17) is 9.72 Å². The normalized spacial score (nSPS) is 24.6. The summed E-state index contributed by atoms with van der Waals surface area (Å²) in [5, 5.41) is 9.50. The summed E-state index contributed by atoms with van der Waals surface area (Å²) in [7, 11) is 0. The molecule has 3 nitrogen and oxygen atoms in total. The topological polar surface area (TPSA) is 22.1 Å². The fourth-order valence-electron chi connectivity index (χ4n) is 8.90. The molecular formula is C39H39N2O+. The van der Waals surface area contributed by atoms with Gasteiger partial charge in [0.15, 0.2) is 0 Å². The van der Waals surface area contributed by atoms with Crippen molar-refractivity contribution in [3.05, 3.63) is 115 Å². The second-order valence-electron chi connectivity index (χ2n) is 12.8. The molecule has 4 heterocycles. The van der Waals surface area contributed by atoms with Crippen molar-refractivity contribution in [1.29, 1.82) is 0 Å². The van der Waals surface area contributed by atoms with E-state index in [2.05, 4.69) is 98.4 Å². The summed E-state index contributed by atoms with van der Waals surface area (Å²) in [6, 6.07) is 31.9. The molecule has 0 amide bonds. The number of benzene rings is 5. The van der Waals surface area contributed by atoms with E-state index < -0.39 is 0 Å². The summed E-state index contributed by atoms with van der Waals surface area (Å²) < 4.78 is 7.93. The van der Waals surface area contributed by atoms with Crippen molar-refractivity contribution in [2.45, 2.75) is 44.9 Å². The van der Waals surface area contributed by atoms with Crippen LogP contribution in [0.3, 0.4) is 0 Å². The number of piperidine rings is 3. The second kappa shape index (κ2) is 10.2. The Hall–Kier alpha value is -3.79. The van der Waals surface area contributed by atoms with Crippen LogP contribution in [0.5, 0.6) is 0 Å². The van der Waals surface area contributed by atoms with Crippen LogP contribution in [0.2, 0.25) is 0 Å². The lowest BCUT2D eigenvalue weighted by Gasteiger charge is -2.59. The molecular weight excluding hydrogens is 512 g/mol. The minimum absolute atomic E-state index is 0.00722. The van der Waals surface area contributed by atoms with Gasteiger partial charge in [-0.15, -0.1) is 6.58 Å². The Labute approximate surface area is 248 Å². The highest BCUT2D eigenvalue weighted by Gasteiger charge is 2.55. The molecule has 6 aromatic rings. The van der Waals surface area contributed by atoms with Crippen LogP contribution in [0.4, 0.5) is 0 Å². The third kappa shape index (κ3) is 3.98. The van der Waals surface area contributed by atoms with Gasteiger partial charge < -0.3 is 9.22 Å². The van der Waals surface area contributed by atoms with Gasteiger partial charge in [0.25, 0.3) is 0 Å². The maximum atomic E-state index is 6.84. The zero-order valence-corrected chi connectivity index (χ0v) is 24.5. The van der Waals surface area contributed by atoms with Crippen LogP contribution in [0.1, 0.15) is 43.4 Å². The average Bonchev–Trinajstić information content (AvgIpc) is 3.04. The van der Waals surface area contributed by atoms with E-state index in [-0.39, 0.29) is 6.10 Å². The lowest BCUT2D eigenvalue weighted by molar-refractivity contribution is -0.985. The number of fused-ring (bicyclic) bond motifs is 4. The third-order valence-corrected chi connectivity index (χ3v) is 10.8. The molecule has 5 atom stereocenters. The molecule has 42 heavy (non-hydrogen) atoms. The Bertz CT molecular complexity index is 1920. The molecule has 0 radical (unpaired) electrons. The molecule has 0 spiro atoms. The molecule has 2 bridgehead atoms. The fraction of sp³-hybridized carbons (Fsp3) is 0.308. The highest BCUT2D eigenvalue weighted by molar-refractivity contribution is 6.23. The molecule has 0 N–H and O–H groups in total. The summed E-state index contributed by atoms with van der Waals surface area (Å²) in [6.45, 7) is 10.5. The van der Waals surface area contributed by atoms with E-state index >= 15 is 0 Å². The molecule has 210 valence electrons. The van der Waals surface area contributed by atoms with Crippen molar-refractivity contribution >= 4 is 43.2 Å². The Morgan fingerprint density at radius 2 is 1.71 bits per heavy atom. The zero-order chi connectivity index (χ0) is 28.3. The number of nitrogens with zero attached hydrogens (tertiary/aromatic N) is 2. The van der Waals surface area contributed by atoms with Crippen LogP contribution in [-0.2, 0) is 11.3 Å². The van der Waals surface area contributed by atoms with Gasteiger partial charge in [-0.05, 0) is 68.4 Å². The highest BCUT2D eigenvalue weighted by atomic mass is 16.5. The molecule has 3 saturated heterocycles. The molecule has 3 heteroatoms. The van der Waals surface area contributed by atoms with Crippen molar-refractivity contribution in [3.8, 4) is 0 Å². The second-order valence-corrected chi connectivity index (χ2v) is 12.8. The molecule has 0 saturated carbocycles. The monoisotopic (exact) mass is 551 g/mol. The van der Waals surface area contributed by atoms with Gasteiger partial charge in [-0.3, -0.25) is 4.98 Å². The summed E-state index contributed by atoms with van der Waals surface area (Å²) >= 11 is 0. The summed E-state index contributed by atoms with van der Waals surface area (Å²) in [6.07, 6.45) is 7.65. The molecule has 3 aliphatic heterocycles. The first-order chi connectivity index (χ1) is 20.7. The van der Waals surface area contributed by atoms with Gasteiger partial charge in [0, 0.05) is 35.9 Å². The number of quaternary nitrogens is 1. The Morgan fingerprint density at radius 3 is 2.57 bits per heavy atom. The SMILES string of the molecule is C=CCO[C@@H](c1ccnc2ccccc12)[C@H]1C[C@@H]2CC[N@@+]1(Cc1cc3cccc4ccc5cccc1c5c43)C[C@@H]2CC. The minimum Gasteiger partial charge on any atom is -0.363 e. The largest absolute Gasteiger partial charge is 0.363 e. The van der Waals surface area contributed by atoms with Gasteiger partial charge in [-0.2, -0.15) is 0 Å². The predicted molar refractivity (Wildman–Crippen MR) is 175 cm³/mol. The van der Waals surface area contributed by atoms with Crippen molar-refractivity contribution in [3.63, 3.8) is 0 Å².